The number of rotatable bonds is 4. The SMILES string of the molecule is CC(CNC(=O)OC(C)(C)C)Nc1cc2c(cc1Cl)NC(=O)CO2. The van der Waals surface area contributed by atoms with Gasteiger partial charge in [0.05, 0.1) is 16.4 Å². The quantitative estimate of drug-likeness (QED) is 0.772. The molecule has 7 nitrogen and oxygen atoms in total. The number of halogens is 1. The summed E-state index contributed by atoms with van der Waals surface area (Å²) in [5.41, 5.74) is 0.663. The van der Waals surface area contributed by atoms with Gasteiger partial charge in [-0.05, 0) is 33.8 Å². The van der Waals surface area contributed by atoms with Crippen molar-refractivity contribution >= 4 is 35.0 Å². The van der Waals surface area contributed by atoms with E-state index in [0.29, 0.717) is 28.7 Å². The number of alkyl carbamates (subject to hydrolysis) is 1. The number of hydrogen-bond acceptors (Lipinski definition) is 5. The largest absolute Gasteiger partial charge is 0.482 e. The molecular formula is C16H22ClN3O4. The van der Waals surface area contributed by atoms with Gasteiger partial charge in [-0.3, -0.25) is 4.79 Å². The van der Waals surface area contributed by atoms with Gasteiger partial charge < -0.3 is 25.4 Å². The van der Waals surface area contributed by atoms with Gasteiger partial charge in [0.1, 0.15) is 11.4 Å². The van der Waals surface area contributed by atoms with Gasteiger partial charge in [0.2, 0.25) is 0 Å². The zero-order chi connectivity index (χ0) is 17.9. The van der Waals surface area contributed by atoms with Crippen molar-refractivity contribution in [2.45, 2.75) is 39.3 Å². The van der Waals surface area contributed by atoms with Gasteiger partial charge in [-0.15, -0.1) is 0 Å². The minimum Gasteiger partial charge on any atom is -0.482 e. The number of nitrogens with one attached hydrogen (secondary N) is 3. The molecule has 0 spiro atoms. The number of anilines is 2. The van der Waals surface area contributed by atoms with Gasteiger partial charge in [0.25, 0.3) is 5.91 Å². The highest BCUT2D eigenvalue weighted by molar-refractivity contribution is 6.33. The van der Waals surface area contributed by atoms with Gasteiger partial charge in [0, 0.05) is 18.7 Å². The highest BCUT2D eigenvalue weighted by Gasteiger charge is 2.20. The molecule has 8 heteroatoms. The summed E-state index contributed by atoms with van der Waals surface area (Å²) in [4.78, 5) is 23.0. The van der Waals surface area contributed by atoms with Crippen LogP contribution in [0.5, 0.6) is 5.75 Å². The number of amides is 2. The Morgan fingerprint density at radius 3 is 2.83 bits per heavy atom. The van der Waals surface area contributed by atoms with Crippen molar-refractivity contribution < 1.29 is 19.1 Å². The van der Waals surface area contributed by atoms with Crippen LogP contribution in [0.3, 0.4) is 0 Å². The summed E-state index contributed by atoms with van der Waals surface area (Å²) in [6, 6.07) is 3.26. The zero-order valence-electron chi connectivity index (χ0n) is 14.2. The van der Waals surface area contributed by atoms with Crippen molar-refractivity contribution in [1.29, 1.82) is 0 Å². The second-order valence-electron chi connectivity index (χ2n) is 6.59. The Kier molecular flexibility index (Phi) is 5.43. The van der Waals surface area contributed by atoms with Crippen LogP contribution in [0.15, 0.2) is 12.1 Å². The molecule has 1 heterocycles. The maximum Gasteiger partial charge on any atom is 0.407 e. The van der Waals surface area contributed by atoms with Gasteiger partial charge >= 0.3 is 6.09 Å². The molecule has 0 radical (unpaired) electrons. The first-order valence-corrected chi connectivity index (χ1v) is 8.01. The van der Waals surface area contributed by atoms with Crippen molar-refractivity contribution in [3.05, 3.63) is 17.2 Å². The number of carbonyl (C=O) groups excluding carboxylic acids is 2. The molecule has 3 N–H and O–H groups in total. The third-order valence-corrected chi connectivity index (χ3v) is 3.37. The van der Waals surface area contributed by atoms with E-state index in [1.54, 1.807) is 32.9 Å². The minimum atomic E-state index is -0.537. The molecule has 0 fully saturated rings. The van der Waals surface area contributed by atoms with Crippen LogP contribution in [0.1, 0.15) is 27.7 Å². The van der Waals surface area contributed by atoms with E-state index < -0.39 is 11.7 Å². The van der Waals surface area contributed by atoms with Crippen LogP contribution in [0.4, 0.5) is 16.2 Å². The summed E-state index contributed by atoms with van der Waals surface area (Å²) < 4.78 is 10.5. The van der Waals surface area contributed by atoms with Gasteiger partial charge in [0.15, 0.2) is 6.61 Å². The average molecular weight is 356 g/mol. The molecule has 132 valence electrons. The molecule has 2 rings (SSSR count). The highest BCUT2D eigenvalue weighted by Crippen LogP contribution is 2.36. The van der Waals surface area contributed by atoms with Crippen LogP contribution in [0, 0.1) is 0 Å². The Morgan fingerprint density at radius 2 is 2.17 bits per heavy atom. The summed E-state index contributed by atoms with van der Waals surface area (Å²) in [7, 11) is 0. The summed E-state index contributed by atoms with van der Waals surface area (Å²) in [5, 5.41) is 9.03. The number of carbonyl (C=O) groups is 2. The zero-order valence-corrected chi connectivity index (χ0v) is 14.9. The molecule has 1 aromatic rings. The maximum absolute atomic E-state index is 11.7. The van der Waals surface area contributed by atoms with Crippen molar-refractivity contribution in [3.63, 3.8) is 0 Å². The van der Waals surface area contributed by atoms with Crippen molar-refractivity contribution in [2.24, 2.45) is 0 Å². The average Bonchev–Trinajstić information content (AvgIpc) is 2.44. The van der Waals surface area contributed by atoms with E-state index in [-0.39, 0.29) is 18.6 Å². The molecule has 0 saturated heterocycles. The standard InChI is InChI=1S/C16H22ClN3O4/c1-9(7-18-15(22)24-16(2,3)4)19-11-6-13-12(5-10(11)17)20-14(21)8-23-13/h5-6,9,19H,7-8H2,1-4H3,(H,18,22)(H,20,21). The second-order valence-corrected chi connectivity index (χ2v) is 7.00. The summed E-state index contributed by atoms with van der Waals surface area (Å²) in [5.74, 6) is 0.336. The predicted molar refractivity (Wildman–Crippen MR) is 92.9 cm³/mol. The van der Waals surface area contributed by atoms with E-state index >= 15 is 0 Å². The second kappa shape index (κ2) is 7.17. The number of ether oxygens (including phenoxy) is 2. The molecule has 0 saturated carbocycles. The Balaban J connectivity index is 1.93. The first kappa shape index (κ1) is 18.2. The molecule has 0 bridgehead atoms. The smallest absolute Gasteiger partial charge is 0.407 e. The normalized spacial score (nSPS) is 14.8. The Bertz CT molecular complexity index is 643. The highest BCUT2D eigenvalue weighted by atomic mass is 35.5. The first-order chi connectivity index (χ1) is 11.1. The fourth-order valence-corrected chi connectivity index (χ4v) is 2.30. The van der Waals surface area contributed by atoms with Crippen LogP contribution in [0.2, 0.25) is 5.02 Å². The molecule has 0 aromatic heterocycles. The lowest BCUT2D eigenvalue weighted by Gasteiger charge is -2.23. The number of fused-ring (bicyclic) bond motifs is 1. The fraction of sp³-hybridized carbons (Fsp3) is 0.500. The third-order valence-electron chi connectivity index (χ3n) is 3.06. The predicted octanol–water partition coefficient (Wildman–Crippen LogP) is 3.00. The number of hydrogen-bond donors (Lipinski definition) is 3. The van der Waals surface area contributed by atoms with Gasteiger partial charge in [-0.25, -0.2) is 4.79 Å². The van der Waals surface area contributed by atoms with Crippen molar-refractivity contribution in [1.82, 2.24) is 5.32 Å². The summed E-state index contributed by atoms with van der Waals surface area (Å²) in [6.07, 6.45) is -0.473. The lowest BCUT2D eigenvalue weighted by atomic mass is 10.2. The van der Waals surface area contributed by atoms with E-state index in [2.05, 4.69) is 16.0 Å². The van der Waals surface area contributed by atoms with Gasteiger partial charge in [-0.2, -0.15) is 0 Å². The fourth-order valence-electron chi connectivity index (χ4n) is 2.08. The van der Waals surface area contributed by atoms with Gasteiger partial charge in [-0.1, -0.05) is 11.6 Å². The molecule has 1 aliphatic rings. The van der Waals surface area contributed by atoms with Crippen LogP contribution >= 0.6 is 11.6 Å². The molecule has 0 aliphatic carbocycles. The maximum atomic E-state index is 11.7. The topological polar surface area (TPSA) is 88.7 Å². The first-order valence-electron chi connectivity index (χ1n) is 7.63. The molecule has 1 aliphatic heterocycles. The van der Waals surface area contributed by atoms with Crippen LogP contribution < -0.4 is 20.7 Å². The Labute approximate surface area is 146 Å². The lowest BCUT2D eigenvalue weighted by molar-refractivity contribution is -0.118. The lowest BCUT2D eigenvalue weighted by Crippen LogP contribution is -2.38. The van der Waals surface area contributed by atoms with Crippen LogP contribution in [0.25, 0.3) is 0 Å². The monoisotopic (exact) mass is 355 g/mol. The van der Waals surface area contributed by atoms with Crippen molar-refractivity contribution in [3.8, 4) is 5.75 Å². The third kappa shape index (κ3) is 5.19. The van der Waals surface area contributed by atoms with E-state index in [1.807, 2.05) is 6.92 Å². The summed E-state index contributed by atoms with van der Waals surface area (Å²) >= 11 is 6.22. The van der Waals surface area contributed by atoms with E-state index in [0.717, 1.165) is 0 Å². The minimum absolute atomic E-state index is 0.0240. The Hall–Kier alpha value is -2.15. The van der Waals surface area contributed by atoms with E-state index in [4.69, 9.17) is 21.1 Å². The van der Waals surface area contributed by atoms with Crippen molar-refractivity contribution in [2.75, 3.05) is 23.8 Å². The van der Waals surface area contributed by atoms with Crippen LogP contribution in [-0.2, 0) is 9.53 Å². The summed E-state index contributed by atoms with van der Waals surface area (Å²) in [6.45, 7) is 7.65. The number of benzene rings is 1. The molecular weight excluding hydrogens is 334 g/mol. The molecule has 2 amide bonds. The van der Waals surface area contributed by atoms with Crippen LogP contribution in [-0.4, -0.2) is 36.8 Å². The molecule has 24 heavy (non-hydrogen) atoms. The molecule has 1 unspecified atom stereocenters. The molecule has 1 aromatic carbocycles. The Morgan fingerprint density at radius 1 is 1.46 bits per heavy atom. The molecule has 1 atom stereocenters. The van der Waals surface area contributed by atoms with E-state index in [1.165, 1.54) is 0 Å². The van der Waals surface area contributed by atoms with E-state index in [9.17, 15) is 9.59 Å².